The van der Waals surface area contributed by atoms with Crippen LogP contribution >= 0.6 is 0 Å². The van der Waals surface area contributed by atoms with Crippen LogP contribution in [-0.2, 0) is 24.2 Å². The molecule has 8 heteroatoms. The molecule has 1 unspecified atom stereocenters. The molecular weight excluding hydrogens is 409 g/mol. The van der Waals surface area contributed by atoms with Gasteiger partial charge in [0, 0.05) is 11.6 Å². The van der Waals surface area contributed by atoms with Crippen molar-refractivity contribution in [3.05, 3.63) is 88.9 Å². The molecule has 1 aliphatic rings. The summed E-state index contributed by atoms with van der Waals surface area (Å²) in [7, 11) is 0. The molecule has 4 rings (SSSR count). The molecule has 0 radical (unpaired) electrons. The minimum atomic E-state index is -0.637. The second-order valence-corrected chi connectivity index (χ2v) is 7.87. The molecule has 1 aliphatic carbocycles. The number of aryl methyl sites for hydroxylation is 1. The number of aromatic nitrogens is 2. The van der Waals surface area contributed by atoms with E-state index in [0.717, 1.165) is 25.3 Å². The fourth-order valence-corrected chi connectivity index (χ4v) is 4.23. The van der Waals surface area contributed by atoms with E-state index in [-0.39, 0.29) is 29.5 Å². The lowest BCUT2D eigenvalue weighted by molar-refractivity contribution is -0.111. The van der Waals surface area contributed by atoms with Crippen molar-refractivity contribution in [2.45, 2.75) is 31.7 Å². The van der Waals surface area contributed by atoms with Crippen LogP contribution in [0.4, 0.5) is 15.9 Å². The van der Waals surface area contributed by atoms with E-state index in [1.54, 1.807) is 0 Å². The highest BCUT2D eigenvalue weighted by molar-refractivity contribution is 6.00. The van der Waals surface area contributed by atoms with Crippen LogP contribution in [0.2, 0.25) is 0 Å². The molecule has 1 aromatic heterocycles. The van der Waals surface area contributed by atoms with Gasteiger partial charge in [0.15, 0.2) is 0 Å². The molecule has 0 saturated heterocycles. The van der Waals surface area contributed by atoms with E-state index in [4.69, 9.17) is 11.5 Å². The van der Waals surface area contributed by atoms with Crippen LogP contribution in [0.5, 0.6) is 0 Å². The summed E-state index contributed by atoms with van der Waals surface area (Å²) in [4.78, 5) is 24.0. The van der Waals surface area contributed by atoms with Gasteiger partial charge in [-0.15, -0.1) is 0 Å². The maximum absolute atomic E-state index is 13.8. The number of fused-ring (bicyclic) bond motifs is 1. The van der Waals surface area contributed by atoms with Crippen molar-refractivity contribution in [2.24, 2.45) is 5.73 Å². The first-order valence-corrected chi connectivity index (χ1v) is 10.3. The zero-order valence-electron chi connectivity index (χ0n) is 17.5. The van der Waals surface area contributed by atoms with Gasteiger partial charge in [0.25, 0.3) is 5.91 Å². The SMILES string of the molecule is C=CC(=O)Nc1cc(F)ccc1Cn1nc(C2CCc3ccccc3C2)c(C(N)=O)c1N. The Morgan fingerprint density at radius 3 is 2.72 bits per heavy atom. The van der Waals surface area contributed by atoms with Crippen molar-refractivity contribution in [1.29, 1.82) is 0 Å². The normalized spacial score (nSPS) is 15.1. The Hall–Kier alpha value is -3.94. The molecule has 164 valence electrons. The number of nitrogen functional groups attached to an aromatic ring is 1. The van der Waals surface area contributed by atoms with Gasteiger partial charge in [-0.25, -0.2) is 9.07 Å². The van der Waals surface area contributed by atoms with Gasteiger partial charge in [-0.1, -0.05) is 36.9 Å². The number of rotatable bonds is 6. The van der Waals surface area contributed by atoms with Crippen LogP contribution in [-0.4, -0.2) is 21.6 Å². The molecule has 0 bridgehead atoms. The maximum Gasteiger partial charge on any atom is 0.254 e. The molecule has 1 heterocycles. The summed E-state index contributed by atoms with van der Waals surface area (Å²) < 4.78 is 15.3. The fraction of sp³-hybridized carbons (Fsp3) is 0.208. The predicted molar refractivity (Wildman–Crippen MR) is 121 cm³/mol. The molecule has 0 fully saturated rings. The van der Waals surface area contributed by atoms with E-state index in [2.05, 4.69) is 29.1 Å². The summed E-state index contributed by atoms with van der Waals surface area (Å²) in [6.45, 7) is 3.54. The molecule has 7 nitrogen and oxygen atoms in total. The molecule has 2 amide bonds. The first kappa shape index (κ1) is 21.3. The third-order valence-electron chi connectivity index (χ3n) is 5.83. The zero-order valence-corrected chi connectivity index (χ0v) is 17.5. The second-order valence-electron chi connectivity index (χ2n) is 7.87. The Kier molecular flexibility index (Phi) is 5.77. The predicted octanol–water partition coefficient (Wildman–Crippen LogP) is 3.15. The third-order valence-corrected chi connectivity index (χ3v) is 5.83. The number of primary amides is 1. The number of nitrogens with zero attached hydrogens (tertiary/aromatic N) is 2. The second kappa shape index (κ2) is 8.66. The maximum atomic E-state index is 13.8. The lowest BCUT2D eigenvalue weighted by Crippen LogP contribution is -2.19. The number of hydrogen-bond donors (Lipinski definition) is 3. The van der Waals surface area contributed by atoms with Gasteiger partial charge < -0.3 is 16.8 Å². The van der Waals surface area contributed by atoms with Gasteiger partial charge in [-0.2, -0.15) is 5.10 Å². The monoisotopic (exact) mass is 433 g/mol. The summed E-state index contributed by atoms with van der Waals surface area (Å²) in [6, 6.07) is 12.2. The number of carbonyl (C=O) groups excluding carboxylic acids is 2. The Bertz CT molecular complexity index is 1220. The first-order valence-electron chi connectivity index (χ1n) is 10.3. The van der Waals surface area contributed by atoms with Crippen LogP contribution < -0.4 is 16.8 Å². The van der Waals surface area contributed by atoms with Crippen molar-refractivity contribution in [3.63, 3.8) is 0 Å². The lowest BCUT2D eigenvalue weighted by Gasteiger charge is -2.23. The van der Waals surface area contributed by atoms with E-state index < -0.39 is 17.6 Å². The number of hydrogen-bond acceptors (Lipinski definition) is 4. The van der Waals surface area contributed by atoms with Crippen LogP contribution in [0, 0.1) is 5.82 Å². The van der Waals surface area contributed by atoms with Gasteiger partial charge in [0.1, 0.15) is 17.2 Å². The molecular formula is C24H24FN5O2. The van der Waals surface area contributed by atoms with Gasteiger partial charge in [0.2, 0.25) is 5.91 Å². The zero-order chi connectivity index (χ0) is 22.8. The molecule has 3 aromatic rings. The highest BCUT2D eigenvalue weighted by atomic mass is 19.1. The van der Waals surface area contributed by atoms with Crippen LogP contribution in [0.1, 0.15) is 45.1 Å². The van der Waals surface area contributed by atoms with E-state index in [1.807, 2.05) is 12.1 Å². The van der Waals surface area contributed by atoms with E-state index >= 15 is 0 Å². The smallest absolute Gasteiger partial charge is 0.254 e. The fourth-order valence-electron chi connectivity index (χ4n) is 4.23. The Balaban J connectivity index is 1.70. The van der Waals surface area contributed by atoms with Gasteiger partial charge in [-0.3, -0.25) is 9.59 Å². The quantitative estimate of drug-likeness (QED) is 0.518. The number of nitrogens with two attached hydrogens (primary N) is 2. The van der Waals surface area contributed by atoms with Crippen LogP contribution in [0.3, 0.4) is 0 Å². The lowest BCUT2D eigenvalue weighted by atomic mass is 9.81. The van der Waals surface area contributed by atoms with Crippen LogP contribution in [0.25, 0.3) is 0 Å². The average Bonchev–Trinajstić information content (AvgIpc) is 3.11. The van der Waals surface area contributed by atoms with E-state index in [1.165, 1.54) is 34.0 Å². The number of anilines is 2. The number of carbonyl (C=O) groups is 2. The van der Waals surface area contributed by atoms with Gasteiger partial charge in [0.05, 0.1) is 12.2 Å². The number of halogens is 1. The molecule has 32 heavy (non-hydrogen) atoms. The summed E-state index contributed by atoms with van der Waals surface area (Å²) in [5.74, 6) is -1.45. The molecule has 5 N–H and O–H groups in total. The molecule has 1 atom stereocenters. The van der Waals surface area contributed by atoms with Crippen molar-refractivity contribution in [2.75, 3.05) is 11.1 Å². The number of amides is 2. The highest BCUT2D eigenvalue weighted by Crippen LogP contribution is 2.35. The largest absolute Gasteiger partial charge is 0.383 e. The number of nitrogens with one attached hydrogen (secondary N) is 1. The topological polar surface area (TPSA) is 116 Å². The third kappa shape index (κ3) is 4.12. The average molecular weight is 433 g/mol. The minimum Gasteiger partial charge on any atom is -0.383 e. The van der Waals surface area contributed by atoms with Gasteiger partial charge in [-0.05, 0) is 54.2 Å². The molecule has 0 spiro atoms. The standard InChI is InChI=1S/C24H24FN5O2/c1-2-20(31)28-19-12-18(25)10-9-17(19)13-30-23(26)21(24(27)32)22(29-30)16-8-7-14-5-3-4-6-15(14)11-16/h2-6,9-10,12,16H,1,7-8,11,13,26H2,(H2,27,32)(H,28,31). The Morgan fingerprint density at radius 2 is 2.00 bits per heavy atom. The van der Waals surface area contributed by atoms with Crippen molar-refractivity contribution >= 4 is 23.3 Å². The molecule has 0 aliphatic heterocycles. The van der Waals surface area contributed by atoms with Crippen LogP contribution in [0.15, 0.2) is 55.1 Å². The highest BCUT2D eigenvalue weighted by Gasteiger charge is 2.29. The molecule has 0 saturated carbocycles. The minimum absolute atomic E-state index is 0.00380. The van der Waals surface area contributed by atoms with Crippen molar-refractivity contribution < 1.29 is 14.0 Å². The summed E-state index contributed by atoms with van der Waals surface area (Å²) >= 11 is 0. The summed E-state index contributed by atoms with van der Waals surface area (Å²) in [5, 5.41) is 7.24. The van der Waals surface area contributed by atoms with Gasteiger partial charge >= 0.3 is 0 Å². The Morgan fingerprint density at radius 1 is 1.25 bits per heavy atom. The first-order chi connectivity index (χ1) is 15.4. The number of benzene rings is 2. The summed E-state index contributed by atoms with van der Waals surface area (Å²) in [6.07, 6.45) is 3.54. The summed E-state index contributed by atoms with van der Waals surface area (Å²) in [5.41, 5.74) is 16.1. The molecule has 2 aromatic carbocycles. The van der Waals surface area contributed by atoms with E-state index in [9.17, 15) is 14.0 Å². The Labute approximate surface area is 184 Å². The van der Waals surface area contributed by atoms with Crippen molar-refractivity contribution in [3.8, 4) is 0 Å². The van der Waals surface area contributed by atoms with Crippen molar-refractivity contribution in [1.82, 2.24) is 9.78 Å². The van der Waals surface area contributed by atoms with E-state index in [0.29, 0.717) is 11.3 Å².